The van der Waals surface area contributed by atoms with Gasteiger partial charge in [-0.15, -0.1) is 0 Å². The largest absolute Gasteiger partial charge is 0.444 e. The highest BCUT2D eigenvalue weighted by Crippen LogP contribution is 2.40. The van der Waals surface area contributed by atoms with Gasteiger partial charge in [0.2, 0.25) is 0 Å². The molecule has 0 aliphatic carbocycles. The Bertz CT molecular complexity index is 599. The summed E-state index contributed by atoms with van der Waals surface area (Å²) >= 11 is 0. The predicted molar refractivity (Wildman–Crippen MR) is 97.2 cm³/mol. The molecule has 5 nitrogen and oxygen atoms in total. The molecule has 1 aromatic rings. The third-order valence-corrected chi connectivity index (χ3v) is 5.25. The van der Waals surface area contributed by atoms with E-state index in [4.69, 9.17) is 4.74 Å². The van der Waals surface area contributed by atoms with E-state index in [1.54, 1.807) is 4.90 Å². The van der Waals surface area contributed by atoms with Gasteiger partial charge in [-0.1, -0.05) is 30.3 Å². The second-order valence-electron chi connectivity index (χ2n) is 8.51. The number of aliphatic hydroxyl groups is 1. The number of aliphatic hydroxyl groups excluding tert-OH is 1. The first kappa shape index (κ1) is 18.2. The van der Waals surface area contributed by atoms with Crippen molar-refractivity contribution in [3.63, 3.8) is 0 Å². The number of piperidine rings is 1. The number of nitrogens with zero attached hydrogens (tertiary/aromatic N) is 2. The van der Waals surface area contributed by atoms with Crippen LogP contribution < -0.4 is 0 Å². The summed E-state index contributed by atoms with van der Waals surface area (Å²) in [4.78, 5) is 16.6. The maximum absolute atomic E-state index is 12.4. The van der Waals surface area contributed by atoms with Gasteiger partial charge in [0, 0.05) is 31.6 Å². The summed E-state index contributed by atoms with van der Waals surface area (Å²) in [6, 6.07) is 10.4. The Balaban J connectivity index is 1.65. The van der Waals surface area contributed by atoms with Gasteiger partial charge < -0.3 is 14.7 Å². The van der Waals surface area contributed by atoms with E-state index in [1.807, 2.05) is 26.8 Å². The van der Waals surface area contributed by atoms with Gasteiger partial charge >= 0.3 is 6.09 Å². The van der Waals surface area contributed by atoms with Gasteiger partial charge in [0.05, 0.1) is 6.10 Å². The maximum Gasteiger partial charge on any atom is 0.410 e. The zero-order chi connectivity index (χ0) is 18.1. The van der Waals surface area contributed by atoms with Gasteiger partial charge in [-0.25, -0.2) is 4.79 Å². The van der Waals surface area contributed by atoms with Gasteiger partial charge in [-0.05, 0) is 45.7 Å². The third kappa shape index (κ3) is 4.33. The van der Waals surface area contributed by atoms with Gasteiger partial charge in [-0.2, -0.15) is 0 Å². The summed E-state index contributed by atoms with van der Waals surface area (Å²) in [6.07, 6.45) is 0.922. The Morgan fingerprint density at radius 1 is 1.24 bits per heavy atom. The SMILES string of the molecule is CC(C)(C)OC(=O)N1CCC(O)C2(CCN(Cc3ccccc3)C2)C1. The van der Waals surface area contributed by atoms with Crippen molar-refractivity contribution >= 4 is 6.09 Å². The minimum Gasteiger partial charge on any atom is -0.444 e. The predicted octanol–water partition coefficient (Wildman–Crippen LogP) is 2.88. The first-order valence-corrected chi connectivity index (χ1v) is 9.20. The lowest BCUT2D eigenvalue weighted by molar-refractivity contribution is -0.0492. The molecule has 2 fully saturated rings. The van der Waals surface area contributed by atoms with Crippen molar-refractivity contribution in [2.24, 2.45) is 5.41 Å². The van der Waals surface area contributed by atoms with E-state index in [0.29, 0.717) is 19.5 Å². The fourth-order valence-electron chi connectivity index (χ4n) is 3.99. The van der Waals surface area contributed by atoms with Crippen LogP contribution >= 0.6 is 0 Å². The van der Waals surface area contributed by atoms with Crippen molar-refractivity contribution in [2.75, 3.05) is 26.2 Å². The molecule has 0 saturated carbocycles. The van der Waals surface area contributed by atoms with Crippen LogP contribution in [0.2, 0.25) is 0 Å². The fourth-order valence-corrected chi connectivity index (χ4v) is 3.99. The van der Waals surface area contributed by atoms with Crippen LogP contribution in [-0.4, -0.2) is 58.9 Å². The molecule has 0 radical (unpaired) electrons. The standard InChI is InChI=1S/C20H30N2O3/c1-19(2,3)25-18(24)22-11-9-17(23)20(15-22)10-12-21(14-20)13-16-7-5-4-6-8-16/h4-8,17,23H,9-15H2,1-3H3. The molecule has 1 N–H and O–H groups in total. The summed E-state index contributed by atoms with van der Waals surface area (Å²) in [5.74, 6) is 0. The zero-order valence-corrected chi connectivity index (χ0v) is 15.6. The van der Waals surface area contributed by atoms with Crippen LogP contribution in [-0.2, 0) is 11.3 Å². The van der Waals surface area contributed by atoms with E-state index < -0.39 is 5.60 Å². The number of ether oxygens (including phenoxy) is 1. The van der Waals surface area contributed by atoms with Gasteiger partial charge in [0.15, 0.2) is 0 Å². The molecule has 1 aromatic carbocycles. The van der Waals surface area contributed by atoms with Crippen LogP contribution in [0.25, 0.3) is 0 Å². The first-order chi connectivity index (χ1) is 11.8. The molecular formula is C20H30N2O3. The van der Waals surface area contributed by atoms with Crippen molar-refractivity contribution < 1.29 is 14.6 Å². The maximum atomic E-state index is 12.4. The van der Waals surface area contributed by atoms with E-state index in [1.165, 1.54) is 5.56 Å². The Morgan fingerprint density at radius 3 is 2.64 bits per heavy atom. The smallest absolute Gasteiger partial charge is 0.410 e. The lowest BCUT2D eigenvalue weighted by Crippen LogP contribution is -2.55. The first-order valence-electron chi connectivity index (χ1n) is 9.20. The molecule has 2 unspecified atom stereocenters. The lowest BCUT2D eigenvalue weighted by atomic mass is 9.76. The number of benzene rings is 1. The molecule has 0 aromatic heterocycles. The number of rotatable bonds is 2. The Morgan fingerprint density at radius 2 is 1.96 bits per heavy atom. The van der Waals surface area contributed by atoms with Gasteiger partial charge in [-0.3, -0.25) is 4.90 Å². The molecule has 0 bridgehead atoms. The molecule has 1 spiro atoms. The van der Waals surface area contributed by atoms with Crippen molar-refractivity contribution in [2.45, 2.75) is 51.9 Å². The van der Waals surface area contributed by atoms with Crippen molar-refractivity contribution in [3.05, 3.63) is 35.9 Å². The van der Waals surface area contributed by atoms with Gasteiger partial charge in [0.25, 0.3) is 0 Å². The molecule has 5 heteroatoms. The third-order valence-electron chi connectivity index (χ3n) is 5.25. The average Bonchev–Trinajstić information content (AvgIpc) is 2.93. The average molecular weight is 346 g/mol. The highest BCUT2D eigenvalue weighted by Gasteiger charge is 2.48. The molecule has 2 aliphatic rings. The number of likely N-dealkylation sites (tertiary alicyclic amines) is 2. The Kier molecular flexibility index (Phi) is 5.07. The highest BCUT2D eigenvalue weighted by atomic mass is 16.6. The second-order valence-corrected chi connectivity index (χ2v) is 8.51. The highest BCUT2D eigenvalue weighted by molar-refractivity contribution is 5.68. The number of amides is 1. The van der Waals surface area contributed by atoms with Crippen molar-refractivity contribution in [1.82, 2.24) is 9.80 Å². The van der Waals surface area contributed by atoms with Crippen LogP contribution in [0.15, 0.2) is 30.3 Å². The minimum atomic E-state index is -0.491. The number of carbonyl (C=O) groups excluding carboxylic acids is 1. The topological polar surface area (TPSA) is 53.0 Å². The molecule has 2 atom stereocenters. The second kappa shape index (κ2) is 6.96. The van der Waals surface area contributed by atoms with Crippen LogP contribution in [0.1, 0.15) is 39.2 Å². The molecule has 2 saturated heterocycles. The zero-order valence-electron chi connectivity index (χ0n) is 15.6. The molecule has 25 heavy (non-hydrogen) atoms. The van der Waals surface area contributed by atoms with E-state index >= 15 is 0 Å². The normalized spacial score (nSPS) is 27.7. The monoisotopic (exact) mass is 346 g/mol. The molecule has 1 amide bonds. The van der Waals surface area contributed by atoms with Crippen LogP contribution in [0, 0.1) is 5.41 Å². The lowest BCUT2D eigenvalue weighted by Gasteiger charge is -2.44. The molecule has 138 valence electrons. The molecule has 2 heterocycles. The van der Waals surface area contributed by atoms with Crippen LogP contribution in [0.5, 0.6) is 0 Å². The van der Waals surface area contributed by atoms with Crippen LogP contribution in [0.3, 0.4) is 0 Å². The molecular weight excluding hydrogens is 316 g/mol. The van der Waals surface area contributed by atoms with Crippen LogP contribution in [0.4, 0.5) is 4.79 Å². The van der Waals surface area contributed by atoms with Crippen molar-refractivity contribution in [1.29, 1.82) is 0 Å². The van der Waals surface area contributed by atoms with Crippen molar-refractivity contribution in [3.8, 4) is 0 Å². The summed E-state index contributed by atoms with van der Waals surface area (Å²) in [7, 11) is 0. The van der Waals surface area contributed by atoms with E-state index in [9.17, 15) is 9.90 Å². The molecule has 2 aliphatic heterocycles. The van der Waals surface area contributed by atoms with E-state index in [-0.39, 0.29) is 17.6 Å². The fraction of sp³-hybridized carbons (Fsp3) is 0.650. The summed E-state index contributed by atoms with van der Waals surface area (Å²) < 4.78 is 5.53. The quantitative estimate of drug-likeness (QED) is 0.895. The van der Waals surface area contributed by atoms with E-state index in [0.717, 1.165) is 26.1 Å². The van der Waals surface area contributed by atoms with E-state index in [2.05, 4.69) is 29.2 Å². The Labute approximate surface area is 150 Å². The Hall–Kier alpha value is -1.59. The van der Waals surface area contributed by atoms with Gasteiger partial charge in [0.1, 0.15) is 5.60 Å². The molecule has 3 rings (SSSR count). The summed E-state index contributed by atoms with van der Waals surface area (Å²) in [6.45, 7) is 9.47. The summed E-state index contributed by atoms with van der Waals surface area (Å²) in [5.41, 5.74) is 0.563. The number of hydrogen-bond donors (Lipinski definition) is 1. The number of hydrogen-bond acceptors (Lipinski definition) is 4. The summed E-state index contributed by atoms with van der Waals surface area (Å²) in [5, 5.41) is 10.7. The minimum absolute atomic E-state index is 0.232. The number of carbonyl (C=O) groups is 1.